The first-order valence-electron chi connectivity index (χ1n) is 10.7. The van der Waals surface area contributed by atoms with Gasteiger partial charge in [-0.15, -0.1) is 0 Å². The number of carbonyl (C=O) groups is 2. The van der Waals surface area contributed by atoms with E-state index in [-0.39, 0.29) is 24.8 Å². The summed E-state index contributed by atoms with van der Waals surface area (Å²) in [6, 6.07) is 10.7. The maximum Gasteiger partial charge on any atom is 0.242 e. The SMILES string of the molecule is CCC(C(=O)NCC(C)C)N(Cc1c(Cl)cccc1Cl)C(=O)Cc1cc(C)ccc1C. The van der Waals surface area contributed by atoms with E-state index in [9.17, 15) is 9.59 Å². The second kappa shape index (κ2) is 11.5. The Hall–Kier alpha value is -2.04. The topological polar surface area (TPSA) is 49.4 Å². The van der Waals surface area contributed by atoms with E-state index >= 15 is 0 Å². The van der Waals surface area contributed by atoms with Crippen LogP contribution in [0.5, 0.6) is 0 Å². The van der Waals surface area contributed by atoms with Crippen LogP contribution in [0.1, 0.15) is 49.4 Å². The zero-order valence-electron chi connectivity index (χ0n) is 19.0. The first kappa shape index (κ1) is 25.2. The fourth-order valence-electron chi connectivity index (χ4n) is 3.45. The molecule has 0 aromatic heterocycles. The maximum atomic E-state index is 13.5. The van der Waals surface area contributed by atoms with Gasteiger partial charge in [0.05, 0.1) is 6.42 Å². The molecular formula is C25H32Cl2N2O2. The van der Waals surface area contributed by atoms with Crippen LogP contribution < -0.4 is 5.32 Å². The van der Waals surface area contributed by atoms with E-state index in [1.54, 1.807) is 23.1 Å². The molecule has 0 aliphatic heterocycles. The van der Waals surface area contributed by atoms with Crippen molar-refractivity contribution in [3.63, 3.8) is 0 Å². The molecule has 2 rings (SSSR count). The summed E-state index contributed by atoms with van der Waals surface area (Å²) in [6.07, 6.45) is 0.702. The lowest BCUT2D eigenvalue weighted by Gasteiger charge is -2.31. The van der Waals surface area contributed by atoms with Gasteiger partial charge in [0.25, 0.3) is 0 Å². The predicted octanol–water partition coefficient (Wildman–Crippen LogP) is 5.73. The Morgan fingerprint density at radius 2 is 1.71 bits per heavy atom. The van der Waals surface area contributed by atoms with Gasteiger partial charge in [0, 0.05) is 28.7 Å². The van der Waals surface area contributed by atoms with Crippen LogP contribution in [0, 0.1) is 19.8 Å². The molecule has 0 spiro atoms. The summed E-state index contributed by atoms with van der Waals surface area (Å²) in [5.74, 6) is 0.0310. The van der Waals surface area contributed by atoms with Gasteiger partial charge in [0.15, 0.2) is 0 Å². The van der Waals surface area contributed by atoms with Crippen molar-refractivity contribution in [1.82, 2.24) is 10.2 Å². The average molecular weight is 463 g/mol. The zero-order chi connectivity index (χ0) is 23.1. The summed E-state index contributed by atoms with van der Waals surface area (Å²) in [6.45, 7) is 10.7. The van der Waals surface area contributed by atoms with E-state index in [4.69, 9.17) is 23.2 Å². The predicted molar refractivity (Wildman–Crippen MR) is 129 cm³/mol. The number of hydrogen-bond acceptors (Lipinski definition) is 2. The molecule has 0 bridgehead atoms. The number of rotatable bonds is 9. The van der Waals surface area contributed by atoms with E-state index in [1.165, 1.54) is 0 Å². The lowest BCUT2D eigenvalue weighted by atomic mass is 10.0. The molecule has 1 N–H and O–H groups in total. The Labute approximate surface area is 195 Å². The van der Waals surface area contributed by atoms with E-state index in [1.807, 2.05) is 52.8 Å². The van der Waals surface area contributed by atoms with Crippen molar-refractivity contribution in [3.05, 3.63) is 68.7 Å². The summed E-state index contributed by atoms with van der Waals surface area (Å²) in [4.78, 5) is 28.1. The molecule has 0 heterocycles. The third kappa shape index (κ3) is 6.98. The van der Waals surface area contributed by atoms with Crippen LogP contribution in [0.2, 0.25) is 10.0 Å². The summed E-state index contributed by atoms with van der Waals surface area (Å²) in [5.41, 5.74) is 3.75. The van der Waals surface area contributed by atoms with Crippen molar-refractivity contribution < 1.29 is 9.59 Å². The number of halogens is 2. The smallest absolute Gasteiger partial charge is 0.242 e. The van der Waals surface area contributed by atoms with Crippen LogP contribution in [-0.4, -0.2) is 29.3 Å². The third-order valence-corrected chi connectivity index (χ3v) is 6.02. The van der Waals surface area contributed by atoms with E-state index < -0.39 is 6.04 Å². The molecule has 2 aromatic carbocycles. The molecule has 6 heteroatoms. The molecule has 168 valence electrons. The van der Waals surface area contributed by atoms with Gasteiger partial charge >= 0.3 is 0 Å². The van der Waals surface area contributed by atoms with Crippen LogP contribution in [-0.2, 0) is 22.6 Å². The molecule has 0 aliphatic rings. The molecule has 0 saturated heterocycles. The molecule has 0 fully saturated rings. The van der Waals surface area contributed by atoms with Gasteiger partial charge in [-0.2, -0.15) is 0 Å². The van der Waals surface area contributed by atoms with Crippen molar-refractivity contribution >= 4 is 35.0 Å². The number of nitrogens with zero attached hydrogens (tertiary/aromatic N) is 1. The minimum Gasteiger partial charge on any atom is -0.354 e. The molecule has 2 aromatic rings. The first-order chi connectivity index (χ1) is 14.6. The summed E-state index contributed by atoms with van der Waals surface area (Å²) < 4.78 is 0. The van der Waals surface area contributed by atoms with Gasteiger partial charge in [-0.3, -0.25) is 9.59 Å². The van der Waals surface area contributed by atoms with Crippen LogP contribution in [0.4, 0.5) is 0 Å². The summed E-state index contributed by atoms with van der Waals surface area (Å²) in [5, 5.41) is 3.93. The highest BCUT2D eigenvalue weighted by molar-refractivity contribution is 6.36. The minimum absolute atomic E-state index is 0.128. The molecule has 0 aliphatic carbocycles. The Morgan fingerprint density at radius 1 is 1.06 bits per heavy atom. The van der Waals surface area contributed by atoms with Crippen LogP contribution in [0.3, 0.4) is 0 Å². The van der Waals surface area contributed by atoms with E-state index in [0.29, 0.717) is 34.5 Å². The molecule has 0 radical (unpaired) electrons. The largest absolute Gasteiger partial charge is 0.354 e. The number of amides is 2. The Bertz CT molecular complexity index is 907. The average Bonchev–Trinajstić information content (AvgIpc) is 2.71. The Kier molecular flexibility index (Phi) is 9.39. The maximum absolute atomic E-state index is 13.5. The van der Waals surface area contributed by atoms with Crippen molar-refractivity contribution in [2.24, 2.45) is 5.92 Å². The number of aryl methyl sites for hydroxylation is 2. The molecule has 31 heavy (non-hydrogen) atoms. The van der Waals surface area contributed by atoms with Crippen LogP contribution >= 0.6 is 23.2 Å². The number of hydrogen-bond donors (Lipinski definition) is 1. The summed E-state index contributed by atoms with van der Waals surface area (Å²) in [7, 11) is 0. The normalized spacial score (nSPS) is 12.0. The monoisotopic (exact) mass is 462 g/mol. The molecular weight excluding hydrogens is 431 g/mol. The lowest BCUT2D eigenvalue weighted by Crippen LogP contribution is -2.50. The quantitative estimate of drug-likeness (QED) is 0.516. The standard InChI is InChI=1S/C25H32Cl2N2O2/c1-6-23(25(31)28-14-16(2)3)29(15-20-21(26)8-7-9-22(20)27)24(30)13-19-12-17(4)10-11-18(19)5/h7-12,16,23H,6,13-15H2,1-5H3,(H,28,31). The molecule has 4 nitrogen and oxygen atoms in total. The van der Waals surface area contributed by atoms with Gasteiger partial charge in [0.1, 0.15) is 6.04 Å². The first-order valence-corrected chi connectivity index (χ1v) is 11.5. The highest BCUT2D eigenvalue weighted by Crippen LogP contribution is 2.27. The molecule has 1 unspecified atom stereocenters. The minimum atomic E-state index is -0.608. The second-order valence-electron chi connectivity index (χ2n) is 8.39. The molecule has 2 amide bonds. The van der Waals surface area contributed by atoms with Gasteiger partial charge in [-0.05, 0) is 49.4 Å². The van der Waals surface area contributed by atoms with Crippen molar-refractivity contribution in [1.29, 1.82) is 0 Å². The number of nitrogens with one attached hydrogen (secondary N) is 1. The zero-order valence-corrected chi connectivity index (χ0v) is 20.5. The Morgan fingerprint density at radius 3 is 2.29 bits per heavy atom. The third-order valence-electron chi connectivity index (χ3n) is 5.31. The van der Waals surface area contributed by atoms with Gasteiger partial charge in [0.2, 0.25) is 11.8 Å². The molecule has 1 atom stereocenters. The Balaban J connectivity index is 2.39. The summed E-state index contributed by atoms with van der Waals surface area (Å²) >= 11 is 12.8. The fraction of sp³-hybridized carbons (Fsp3) is 0.440. The number of carbonyl (C=O) groups excluding carboxylic acids is 2. The van der Waals surface area contributed by atoms with Gasteiger partial charge in [-0.25, -0.2) is 0 Å². The lowest BCUT2D eigenvalue weighted by molar-refractivity contribution is -0.141. The van der Waals surface area contributed by atoms with Crippen molar-refractivity contribution in [2.75, 3.05) is 6.54 Å². The van der Waals surface area contributed by atoms with Crippen LogP contribution in [0.25, 0.3) is 0 Å². The second-order valence-corrected chi connectivity index (χ2v) is 9.21. The highest BCUT2D eigenvalue weighted by atomic mass is 35.5. The highest BCUT2D eigenvalue weighted by Gasteiger charge is 2.30. The van der Waals surface area contributed by atoms with Gasteiger partial charge in [-0.1, -0.05) is 73.8 Å². The van der Waals surface area contributed by atoms with E-state index in [0.717, 1.165) is 16.7 Å². The van der Waals surface area contributed by atoms with Gasteiger partial charge < -0.3 is 10.2 Å². The van der Waals surface area contributed by atoms with E-state index in [2.05, 4.69) is 5.32 Å². The van der Waals surface area contributed by atoms with Crippen molar-refractivity contribution in [3.8, 4) is 0 Å². The molecule has 0 saturated carbocycles. The van der Waals surface area contributed by atoms with Crippen LogP contribution in [0.15, 0.2) is 36.4 Å². The van der Waals surface area contributed by atoms with Crippen molar-refractivity contribution in [2.45, 2.75) is 60.0 Å². The number of benzene rings is 2. The fourth-order valence-corrected chi connectivity index (χ4v) is 3.97.